The van der Waals surface area contributed by atoms with Gasteiger partial charge in [-0.15, -0.1) is 0 Å². The maximum absolute atomic E-state index is 11.8. The lowest BCUT2D eigenvalue weighted by molar-refractivity contribution is -0.147. The molecule has 7 nitrogen and oxygen atoms in total. The normalized spacial score (nSPS) is 20.8. The lowest BCUT2D eigenvalue weighted by Crippen LogP contribution is -2.55. The van der Waals surface area contributed by atoms with Crippen molar-refractivity contribution in [1.29, 1.82) is 0 Å². The molecule has 0 aromatic carbocycles. The van der Waals surface area contributed by atoms with E-state index in [-0.39, 0.29) is 31.4 Å². The summed E-state index contributed by atoms with van der Waals surface area (Å²) < 4.78 is 0. The first-order valence-corrected chi connectivity index (χ1v) is 5.44. The number of nitrogens with one attached hydrogen (secondary N) is 1. The van der Waals surface area contributed by atoms with Crippen LogP contribution in [0.5, 0.6) is 0 Å². The predicted molar refractivity (Wildman–Crippen MR) is 55.5 cm³/mol. The van der Waals surface area contributed by atoms with Crippen molar-refractivity contribution in [2.75, 3.05) is 26.2 Å². The number of carbonyl (C=O) groups excluding carboxylic acids is 4. The molecule has 0 radical (unpaired) electrons. The Hall–Kier alpha value is -1.92. The first-order chi connectivity index (χ1) is 8.06. The number of carbonyl (C=O) groups is 4. The van der Waals surface area contributed by atoms with E-state index in [2.05, 4.69) is 5.32 Å². The van der Waals surface area contributed by atoms with Crippen LogP contribution in [0.1, 0.15) is 12.8 Å². The zero-order valence-corrected chi connectivity index (χ0v) is 9.27. The molecule has 92 valence electrons. The van der Waals surface area contributed by atoms with Crippen molar-refractivity contribution in [3.05, 3.63) is 0 Å². The topological polar surface area (TPSA) is 86.8 Å². The van der Waals surface area contributed by atoms with Gasteiger partial charge in [-0.3, -0.25) is 24.5 Å². The minimum atomic E-state index is -0.484. The molecule has 0 saturated carbocycles. The second kappa shape index (κ2) is 4.52. The van der Waals surface area contributed by atoms with Gasteiger partial charge in [-0.05, 0) is 6.42 Å². The molecule has 2 rings (SSSR count). The molecular formula is C10H13N3O4. The Balaban J connectivity index is 1.93. The van der Waals surface area contributed by atoms with Gasteiger partial charge in [0.2, 0.25) is 23.6 Å². The number of piperazine rings is 1. The maximum Gasteiger partial charge on any atom is 0.246 e. The van der Waals surface area contributed by atoms with Crippen molar-refractivity contribution in [3.63, 3.8) is 0 Å². The third-order valence-corrected chi connectivity index (χ3v) is 2.80. The molecule has 2 saturated heterocycles. The molecule has 7 heteroatoms. The predicted octanol–water partition coefficient (Wildman–Crippen LogP) is -1.91. The Bertz CT molecular complexity index is 377. The molecule has 17 heavy (non-hydrogen) atoms. The molecule has 0 atom stereocenters. The first-order valence-electron chi connectivity index (χ1n) is 5.44. The monoisotopic (exact) mass is 239 g/mol. The Morgan fingerprint density at radius 3 is 2.35 bits per heavy atom. The second-order valence-electron chi connectivity index (χ2n) is 4.14. The maximum atomic E-state index is 11.8. The summed E-state index contributed by atoms with van der Waals surface area (Å²) in [7, 11) is 0. The first kappa shape index (κ1) is 11.6. The van der Waals surface area contributed by atoms with Gasteiger partial charge in [0, 0.05) is 13.0 Å². The summed E-state index contributed by atoms with van der Waals surface area (Å²) in [6.07, 6.45) is 1.22. The van der Waals surface area contributed by atoms with Crippen LogP contribution in [0.15, 0.2) is 0 Å². The van der Waals surface area contributed by atoms with Gasteiger partial charge in [0.15, 0.2) is 0 Å². The van der Waals surface area contributed by atoms with Crippen molar-refractivity contribution >= 4 is 23.6 Å². The second-order valence-corrected chi connectivity index (χ2v) is 4.14. The molecule has 2 fully saturated rings. The van der Waals surface area contributed by atoms with E-state index in [4.69, 9.17) is 0 Å². The van der Waals surface area contributed by atoms with Gasteiger partial charge in [0.25, 0.3) is 0 Å². The average Bonchev–Trinajstić information content (AvgIpc) is 2.63. The third-order valence-electron chi connectivity index (χ3n) is 2.80. The van der Waals surface area contributed by atoms with E-state index in [9.17, 15) is 19.2 Å². The number of rotatable bonds is 2. The fourth-order valence-corrected chi connectivity index (χ4v) is 1.95. The van der Waals surface area contributed by atoms with E-state index < -0.39 is 11.8 Å². The zero-order chi connectivity index (χ0) is 12.4. The lowest BCUT2D eigenvalue weighted by Gasteiger charge is -2.27. The van der Waals surface area contributed by atoms with E-state index >= 15 is 0 Å². The van der Waals surface area contributed by atoms with Crippen LogP contribution in [-0.2, 0) is 19.2 Å². The molecule has 2 heterocycles. The molecule has 2 aliphatic rings. The fourth-order valence-electron chi connectivity index (χ4n) is 1.95. The van der Waals surface area contributed by atoms with Crippen LogP contribution in [-0.4, -0.2) is 59.6 Å². The molecule has 0 aromatic heterocycles. The molecule has 0 aromatic rings. The minimum absolute atomic E-state index is 0.0423. The number of nitrogens with zero attached hydrogens (tertiary/aromatic N) is 2. The van der Waals surface area contributed by atoms with Crippen LogP contribution in [0.4, 0.5) is 0 Å². The van der Waals surface area contributed by atoms with Crippen molar-refractivity contribution in [1.82, 2.24) is 15.1 Å². The van der Waals surface area contributed by atoms with Crippen molar-refractivity contribution in [2.24, 2.45) is 0 Å². The molecule has 4 amide bonds. The van der Waals surface area contributed by atoms with Gasteiger partial charge in [-0.25, -0.2) is 0 Å². The summed E-state index contributed by atoms with van der Waals surface area (Å²) in [5.41, 5.74) is 0. The van der Waals surface area contributed by atoms with E-state index in [1.807, 2.05) is 0 Å². The largest absolute Gasteiger partial charge is 0.333 e. The highest BCUT2D eigenvalue weighted by Crippen LogP contribution is 2.09. The van der Waals surface area contributed by atoms with Gasteiger partial charge in [-0.1, -0.05) is 0 Å². The number of amides is 4. The molecular weight excluding hydrogens is 226 g/mol. The van der Waals surface area contributed by atoms with E-state index in [1.165, 1.54) is 9.80 Å². The highest BCUT2D eigenvalue weighted by molar-refractivity contribution is 6.03. The summed E-state index contributed by atoms with van der Waals surface area (Å²) in [6, 6.07) is 0. The van der Waals surface area contributed by atoms with E-state index in [1.54, 1.807) is 0 Å². The zero-order valence-electron chi connectivity index (χ0n) is 9.27. The molecule has 2 aliphatic heterocycles. The van der Waals surface area contributed by atoms with Crippen LogP contribution in [0, 0.1) is 0 Å². The van der Waals surface area contributed by atoms with Gasteiger partial charge >= 0.3 is 0 Å². The average molecular weight is 239 g/mol. The van der Waals surface area contributed by atoms with Crippen molar-refractivity contribution < 1.29 is 19.2 Å². The highest BCUT2D eigenvalue weighted by Gasteiger charge is 2.29. The summed E-state index contributed by atoms with van der Waals surface area (Å²) in [5, 5.41) is 2.11. The number of likely N-dealkylation sites (tertiary alicyclic amines) is 1. The standard InChI is InChI=1S/C10H13N3O4/c14-7-4-13(5-8(15)11-7)10(17)6-12-3-1-2-9(12)16/h1-6H2,(H,11,14,15). The number of hydrogen-bond donors (Lipinski definition) is 1. The molecule has 1 N–H and O–H groups in total. The summed E-state index contributed by atoms with van der Waals surface area (Å²) in [4.78, 5) is 47.9. The Morgan fingerprint density at radius 2 is 1.82 bits per heavy atom. The SMILES string of the molecule is O=C1CN(C(=O)CN2CCCC2=O)CC(=O)N1. The summed E-state index contributed by atoms with van der Waals surface area (Å²) >= 11 is 0. The van der Waals surface area contributed by atoms with Gasteiger partial charge < -0.3 is 9.80 Å². The molecule has 0 unspecified atom stereocenters. The Morgan fingerprint density at radius 1 is 1.18 bits per heavy atom. The van der Waals surface area contributed by atoms with E-state index in [0.29, 0.717) is 13.0 Å². The summed E-state index contributed by atoms with van der Waals surface area (Å²) in [5.74, 6) is -1.38. The van der Waals surface area contributed by atoms with Crippen LogP contribution in [0.25, 0.3) is 0 Å². The van der Waals surface area contributed by atoms with Crippen molar-refractivity contribution in [3.8, 4) is 0 Å². The number of hydrogen-bond acceptors (Lipinski definition) is 4. The van der Waals surface area contributed by atoms with Gasteiger partial charge in [0.1, 0.15) is 13.1 Å². The van der Waals surface area contributed by atoms with Gasteiger partial charge in [-0.2, -0.15) is 0 Å². The van der Waals surface area contributed by atoms with Crippen LogP contribution >= 0.6 is 0 Å². The Labute approximate surface area is 97.7 Å². The van der Waals surface area contributed by atoms with Crippen LogP contribution in [0.3, 0.4) is 0 Å². The fraction of sp³-hybridized carbons (Fsp3) is 0.600. The van der Waals surface area contributed by atoms with E-state index in [0.717, 1.165) is 6.42 Å². The smallest absolute Gasteiger partial charge is 0.246 e. The summed E-state index contributed by atoms with van der Waals surface area (Å²) in [6.45, 7) is 0.289. The molecule has 0 aliphatic carbocycles. The highest BCUT2D eigenvalue weighted by atomic mass is 16.2. The quantitative estimate of drug-likeness (QED) is 0.570. The Kier molecular flexibility index (Phi) is 3.08. The third kappa shape index (κ3) is 2.61. The molecule has 0 spiro atoms. The number of imide groups is 1. The van der Waals surface area contributed by atoms with Crippen LogP contribution in [0.2, 0.25) is 0 Å². The minimum Gasteiger partial charge on any atom is -0.333 e. The van der Waals surface area contributed by atoms with Crippen molar-refractivity contribution in [2.45, 2.75) is 12.8 Å². The van der Waals surface area contributed by atoms with Gasteiger partial charge in [0.05, 0.1) is 6.54 Å². The lowest BCUT2D eigenvalue weighted by atomic mass is 10.3. The molecule has 0 bridgehead atoms. The van der Waals surface area contributed by atoms with Crippen LogP contribution < -0.4 is 5.32 Å².